The lowest BCUT2D eigenvalue weighted by Crippen LogP contribution is -2.39. The molecule has 1 N–H and O–H groups in total. The van der Waals surface area contributed by atoms with Crippen LogP contribution in [0, 0.1) is 0 Å². The van der Waals surface area contributed by atoms with Crippen LogP contribution in [0.2, 0.25) is 0 Å². The Morgan fingerprint density at radius 3 is 2.53 bits per heavy atom. The van der Waals surface area contributed by atoms with Gasteiger partial charge >= 0.3 is 0 Å². The van der Waals surface area contributed by atoms with Crippen LogP contribution in [0.25, 0.3) is 0 Å². The van der Waals surface area contributed by atoms with Gasteiger partial charge in [0.05, 0.1) is 0 Å². The molecule has 0 aromatic heterocycles. The van der Waals surface area contributed by atoms with E-state index in [9.17, 15) is 0 Å². The molecule has 2 nitrogen and oxygen atoms in total. The smallest absolute Gasteiger partial charge is 0.0476 e. The molecule has 1 aliphatic carbocycles. The number of ether oxygens (including phenoxy) is 1. The SMILES string of the molecule is CNC1CCCCC1SC1CCOCC1. The summed E-state index contributed by atoms with van der Waals surface area (Å²) in [5.41, 5.74) is 0. The predicted octanol–water partition coefficient (Wildman–Crippen LogP) is 2.43. The van der Waals surface area contributed by atoms with Gasteiger partial charge in [0, 0.05) is 29.8 Å². The molecule has 1 aliphatic heterocycles. The zero-order valence-corrected chi connectivity index (χ0v) is 10.5. The van der Waals surface area contributed by atoms with Crippen molar-refractivity contribution in [1.29, 1.82) is 0 Å². The van der Waals surface area contributed by atoms with Crippen LogP contribution in [0.1, 0.15) is 38.5 Å². The van der Waals surface area contributed by atoms with Crippen molar-refractivity contribution >= 4 is 11.8 Å². The molecule has 2 unspecified atom stereocenters. The minimum absolute atomic E-state index is 0.756. The van der Waals surface area contributed by atoms with Crippen molar-refractivity contribution in [3.8, 4) is 0 Å². The third kappa shape index (κ3) is 3.36. The summed E-state index contributed by atoms with van der Waals surface area (Å²) in [7, 11) is 2.12. The van der Waals surface area contributed by atoms with Gasteiger partial charge in [-0.3, -0.25) is 0 Å². The van der Waals surface area contributed by atoms with E-state index in [0.29, 0.717) is 0 Å². The maximum absolute atomic E-state index is 5.41. The quantitative estimate of drug-likeness (QED) is 0.803. The Hall–Kier alpha value is 0.270. The largest absolute Gasteiger partial charge is 0.381 e. The first-order chi connectivity index (χ1) is 7.40. The molecular weight excluding hydrogens is 206 g/mol. The van der Waals surface area contributed by atoms with Crippen molar-refractivity contribution in [2.24, 2.45) is 0 Å². The van der Waals surface area contributed by atoms with Crippen molar-refractivity contribution in [1.82, 2.24) is 5.32 Å². The summed E-state index contributed by atoms with van der Waals surface area (Å²) in [6, 6.07) is 0.756. The van der Waals surface area contributed by atoms with Crippen LogP contribution in [0.5, 0.6) is 0 Å². The topological polar surface area (TPSA) is 21.3 Å². The molecule has 0 radical (unpaired) electrons. The second-order valence-electron chi connectivity index (χ2n) is 4.67. The highest BCUT2D eigenvalue weighted by atomic mass is 32.2. The molecule has 88 valence electrons. The van der Waals surface area contributed by atoms with E-state index < -0.39 is 0 Å². The Labute approximate surface area is 97.5 Å². The molecular formula is C12H23NOS. The third-order valence-corrected chi connectivity index (χ3v) is 5.38. The molecule has 1 heterocycles. The van der Waals surface area contributed by atoms with Crippen LogP contribution < -0.4 is 5.32 Å². The van der Waals surface area contributed by atoms with Gasteiger partial charge in [0.1, 0.15) is 0 Å². The highest BCUT2D eigenvalue weighted by molar-refractivity contribution is 8.00. The summed E-state index contributed by atoms with van der Waals surface area (Å²) in [4.78, 5) is 0. The van der Waals surface area contributed by atoms with Crippen molar-refractivity contribution < 1.29 is 4.74 Å². The van der Waals surface area contributed by atoms with Crippen molar-refractivity contribution in [3.05, 3.63) is 0 Å². The summed E-state index contributed by atoms with van der Waals surface area (Å²) in [6.45, 7) is 1.96. The van der Waals surface area contributed by atoms with E-state index >= 15 is 0 Å². The van der Waals surface area contributed by atoms with Crippen LogP contribution in [0.4, 0.5) is 0 Å². The second-order valence-corrected chi connectivity index (χ2v) is 6.21. The number of hydrogen-bond acceptors (Lipinski definition) is 3. The highest BCUT2D eigenvalue weighted by Gasteiger charge is 2.27. The van der Waals surface area contributed by atoms with Crippen molar-refractivity contribution in [2.75, 3.05) is 20.3 Å². The van der Waals surface area contributed by atoms with Gasteiger partial charge < -0.3 is 10.1 Å². The molecule has 15 heavy (non-hydrogen) atoms. The van der Waals surface area contributed by atoms with Crippen LogP contribution in [0.3, 0.4) is 0 Å². The minimum atomic E-state index is 0.756. The van der Waals surface area contributed by atoms with Gasteiger partial charge in [-0.25, -0.2) is 0 Å². The molecule has 0 aromatic carbocycles. The Bertz CT molecular complexity index is 182. The molecule has 0 amide bonds. The maximum atomic E-state index is 5.41. The van der Waals surface area contributed by atoms with Crippen LogP contribution in [0.15, 0.2) is 0 Å². The van der Waals surface area contributed by atoms with Crippen LogP contribution in [-0.2, 0) is 4.74 Å². The van der Waals surface area contributed by atoms with E-state index in [0.717, 1.165) is 29.8 Å². The number of nitrogens with one attached hydrogen (secondary N) is 1. The number of thioether (sulfide) groups is 1. The summed E-state index contributed by atoms with van der Waals surface area (Å²) in [5, 5.41) is 5.20. The normalized spacial score (nSPS) is 34.2. The van der Waals surface area contributed by atoms with E-state index in [1.54, 1.807) is 0 Å². The van der Waals surface area contributed by atoms with E-state index in [4.69, 9.17) is 4.74 Å². The van der Waals surface area contributed by atoms with Crippen molar-refractivity contribution in [2.45, 2.75) is 55.1 Å². The van der Waals surface area contributed by atoms with Gasteiger partial charge in [-0.1, -0.05) is 12.8 Å². The Morgan fingerprint density at radius 2 is 1.80 bits per heavy atom. The average molecular weight is 229 g/mol. The number of hydrogen-bond donors (Lipinski definition) is 1. The fraction of sp³-hybridized carbons (Fsp3) is 1.00. The lowest BCUT2D eigenvalue weighted by Gasteiger charge is -2.34. The van der Waals surface area contributed by atoms with Gasteiger partial charge in [0.2, 0.25) is 0 Å². The summed E-state index contributed by atoms with van der Waals surface area (Å²) < 4.78 is 5.41. The van der Waals surface area contributed by atoms with E-state index in [2.05, 4.69) is 24.1 Å². The Kier molecular flexibility index (Phi) is 4.79. The van der Waals surface area contributed by atoms with Crippen LogP contribution >= 0.6 is 11.8 Å². The fourth-order valence-corrected chi connectivity index (χ4v) is 4.37. The monoisotopic (exact) mass is 229 g/mol. The first kappa shape index (κ1) is 11.7. The van der Waals surface area contributed by atoms with Crippen LogP contribution in [-0.4, -0.2) is 36.8 Å². The average Bonchev–Trinajstić information content (AvgIpc) is 2.31. The summed E-state index contributed by atoms with van der Waals surface area (Å²) >= 11 is 2.23. The summed E-state index contributed by atoms with van der Waals surface area (Å²) in [6.07, 6.45) is 8.15. The first-order valence-corrected chi connectivity index (χ1v) is 7.25. The molecule has 2 fully saturated rings. The van der Waals surface area contributed by atoms with Gasteiger partial charge in [0.15, 0.2) is 0 Å². The maximum Gasteiger partial charge on any atom is 0.0476 e. The lowest BCUT2D eigenvalue weighted by atomic mass is 9.95. The first-order valence-electron chi connectivity index (χ1n) is 6.30. The Balaban J connectivity index is 1.79. The minimum Gasteiger partial charge on any atom is -0.381 e. The summed E-state index contributed by atoms with van der Waals surface area (Å²) in [5.74, 6) is 0. The highest BCUT2D eigenvalue weighted by Crippen LogP contribution is 2.34. The molecule has 0 spiro atoms. The molecule has 2 aliphatic rings. The molecule has 1 saturated carbocycles. The van der Waals surface area contributed by atoms with Gasteiger partial charge in [-0.05, 0) is 32.7 Å². The molecule has 0 bridgehead atoms. The van der Waals surface area contributed by atoms with E-state index in [1.165, 1.54) is 38.5 Å². The van der Waals surface area contributed by atoms with Gasteiger partial charge in [-0.2, -0.15) is 11.8 Å². The molecule has 2 atom stereocenters. The standard InChI is InChI=1S/C12H23NOS/c1-13-11-4-2-3-5-12(11)15-10-6-8-14-9-7-10/h10-13H,2-9H2,1H3. The number of rotatable bonds is 3. The zero-order chi connectivity index (χ0) is 10.5. The lowest BCUT2D eigenvalue weighted by molar-refractivity contribution is 0.0998. The van der Waals surface area contributed by atoms with Crippen molar-refractivity contribution in [3.63, 3.8) is 0 Å². The molecule has 0 aromatic rings. The zero-order valence-electron chi connectivity index (χ0n) is 9.71. The fourth-order valence-electron chi connectivity index (χ4n) is 2.65. The Morgan fingerprint density at radius 1 is 1.07 bits per heavy atom. The van der Waals surface area contributed by atoms with E-state index in [-0.39, 0.29) is 0 Å². The predicted molar refractivity (Wildman–Crippen MR) is 66.5 cm³/mol. The molecule has 3 heteroatoms. The van der Waals surface area contributed by atoms with E-state index in [1.807, 2.05) is 0 Å². The second kappa shape index (κ2) is 6.12. The third-order valence-electron chi connectivity index (χ3n) is 3.61. The molecule has 1 saturated heterocycles. The van der Waals surface area contributed by atoms with Gasteiger partial charge in [-0.15, -0.1) is 0 Å². The molecule has 2 rings (SSSR count). The van der Waals surface area contributed by atoms with Gasteiger partial charge in [0.25, 0.3) is 0 Å².